The molecule has 0 N–H and O–H groups in total. The molecule has 6 atom stereocenters. The SMILES string of the molecule is Cc1ccccc1-c1ccccc1C12CCCCC34CCC(CC5(CC(C1)c1ccccc1-c1ccccc15)C23)c1ccccc1-c1cccc(N(c2ccc(-c3ccccc3)cc2)c2ccc(-c3cccc5c3oc3ccccc35)cc2)c14. The molecule has 0 radical (unpaired) electrons. The molecule has 4 bridgehead atoms. The van der Waals surface area contributed by atoms with E-state index in [-0.39, 0.29) is 22.2 Å². The van der Waals surface area contributed by atoms with Gasteiger partial charge in [-0.2, -0.15) is 0 Å². The molecule has 11 aromatic carbocycles. The fourth-order valence-electron chi connectivity index (χ4n) is 18.6. The molecule has 2 spiro atoms. The van der Waals surface area contributed by atoms with Gasteiger partial charge in [0.15, 0.2) is 0 Å². The molecule has 84 heavy (non-hydrogen) atoms. The summed E-state index contributed by atoms with van der Waals surface area (Å²) in [6, 6.07) is 101. The lowest BCUT2D eigenvalue weighted by Gasteiger charge is -2.63. The number of fused-ring (bicyclic) bond motifs is 14. The number of aryl methyl sites for hydroxylation is 1. The van der Waals surface area contributed by atoms with Crippen LogP contribution in [-0.2, 0) is 16.2 Å². The topological polar surface area (TPSA) is 16.4 Å². The lowest BCUT2D eigenvalue weighted by Crippen LogP contribution is -2.60. The van der Waals surface area contributed by atoms with Gasteiger partial charge in [-0.25, -0.2) is 0 Å². The third-order valence-electron chi connectivity index (χ3n) is 21.5. The molecule has 5 aliphatic rings. The van der Waals surface area contributed by atoms with E-state index in [0.29, 0.717) is 11.8 Å². The number of nitrogens with zero attached hydrogens (tertiary/aromatic N) is 1. The lowest BCUT2D eigenvalue weighted by molar-refractivity contribution is 0.00286. The molecule has 406 valence electrons. The van der Waals surface area contributed by atoms with Crippen molar-refractivity contribution in [1.82, 2.24) is 0 Å². The zero-order valence-electron chi connectivity index (χ0n) is 47.8. The van der Waals surface area contributed by atoms with Crippen molar-refractivity contribution in [1.29, 1.82) is 0 Å². The molecule has 1 heterocycles. The minimum absolute atomic E-state index is 0.188. The smallest absolute Gasteiger partial charge is 0.143 e. The Bertz CT molecular complexity index is 4530. The predicted molar refractivity (Wildman–Crippen MR) is 349 cm³/mol. The third-order valence-corrected chi connectivity index (χ3v) is 21.5. The number of furan rings is 1. The van der Waals surface area contributed by atoms with Gasteiger partial charge in [-0.1, -0.05) is 237 Å². The van der Waals surface area contributed by atoms with E-state index in [0.717, 1.165) is 89.4 Å². The monoisotopic (exact) mass is 1080 g/mol. The molecule has 3 fully saturated rings. The van der Waals surface area contributed by atoms with Crippen molar-refractivity contribution in [3.05, 3.63) is 294 Å². The maximum atomic E-state index is 6.69. The van der Waals surface area contributed by atoms with Gasteiger partial charge in [-0.3, -0.25) is 0 Å². The van der Waals surface area contributed by atoms with Crippen LogP contribution < -0.4 is 4.90 Å². The molecular formula is C82H67NO. The van der Waals surface area contributed by atoms with Crippen LogP contribution in [0, 0.1) is 12.8 Å². The standard InChI is InChI=1S/C82H67NO/c1-54-21-5-6-24-62(54)68-29-11-14-35-73(68)81-49-18-17-48-80-50-47-58(51-82(79(80)81)53-59(52-81)64-26-8-9-27-66(64)69-30-12-15-36-74(69)82)63-25-7-10-28-67(63)71-33-20-37-75(77(71)80)83(60-43-39-56(40-44-60)55-22-3-2-4-23-55)61-45-41-57(42-46-61)65-32-19-34-72-70-31-13-16-38-76(70)84-78(65)72/h2-16,19-46,58-59,79H,17-18,47-53H2,1H3. The normalized spacial score (nSPS) is 22.7. The van der Waals surface area contributed by atoms with Crippen LogP contribution >= 0.6 is 0 Å². The van der Waals surface area contributed by atoms with Gasteiger partial charge in [0.2, 0.25) is 0 Å². The zero-order chi connectivity index (χ0) is 55.6. The van der Waals surface area contributed by atoms with E-state index in [9.17, 15) is 0 Å². The van der Waals surface area contributed by atoms with Crippen molar-refractivity contribution in [3.63, 3.8) is 0 Å². The van der Waals surface area contributed by atoms with E-state index in [2.05, 4.69) is 273 Å². The second kappa shape index (κ2) is 19.3. The van der Waals surface area contributed by atoms with Crippen LogP contribution in [0.25, 0.3) is 77.6 Å². The summed E-state index contributed by atoms with van der Waals surface area (Å²) in [5.41, 5.74) is 27.1. The summed E-state index contributed by atoms with van der Waals surface area (Å²) in [4.78, 5) is 2.67. The van der Waals surface area contributed by atoms with Gasteiger partial charge in [-0.05, 0) is 189 Å². The summed E-state index contributed by atoms with van der Waals surface area (Å²) < 4.78 is 6.69. The molecule has 0 aliphatic heterocycles. The molecule has 2 nitrogen and oxygen atoms in total. The van der Waals surface area contributed by atoms with E-state index >= 15 is 0 Å². The van der Waals surface area contributed by atoms with E-state index in [4.69, 9.17) is 4.42 Å². The van der Waals surface area contributed by atoms with Crippen LogP contribution in [0.15, 0.2) is 265 Å². The molecular weight excluding hydrogens is 1010 g/mol. The van der Waals surface area contributed by atoms with Gasteiger partial charge < -0.3 is 9.32 Å². The molecule has 2 heteroatoms. The first-order chi connectivity index (χ1) is 41.5. The Labute approximate surface area is 494 Å². The maximum absolute atomic E-state index is 6.69. The van der Waals surface area contributed by atoms with E-state index < -0.39 is 0 Å². The zero-order valence-corrected chi connectivity index (χ0v) is 47.8. The van der Waals surface area contributed by atoms with E-state index in [1.807, 2.05) is 0 Å². The second-order valence-corrected chi connectivity index (χ2v) is 25.5. The van der Waals surface area contributed by atoms with Crippen LogP contribution in [0.3, 0.4) is 0 Å². The molecule has 6 unspecified atom stereocenters. The first-order valence-corrected chi connectivity index (χ1v) is 31.0. The van der Waals surface area contributed by atoms with Gasteiger partial charge in [0.1, 0.15) is 11.2 Å². The molecule has 0 saturated heterocycles. The van der Waals surface area contributed by atoms with E-state index in [1.165, 1.54) is 74.2 Å². The number of anilines is 3. The third kappa shape index (κ3) is 7.35. The van der Waals surface area contributed by atoms with Crippen LogP contribution in [-0.4, -0.2) is 0 Å². The highest BCUT2D eigenvalue weighted by molar-refractivity contribution is 6.09. The summed E-state index contributed by atoms with van der Waals surface area (Å²) >= 11 is 0. The quantitative estimate of drug-likeness (QED) is 0.158. The summed E-state index contributed by atoms with van der Waals surface area (Å²) in [5, 5.41) is 2.30. The average molecular weight is 1080 g/mol. The highest BCUT2D eigenvalue weighted by Crippen LogP contribution is 2.75. The lowest BCUT2D eigenvalue weighted by atomic mass is 9.39. The summed E-state index contributed by atoms with van der Waals surface area (Å²) in [6.45, 7) is 2.33. The Morgan fingerprint density at radius 1 is 0.369 bits per heavy atom. The van der Waals surface area contributed by atoms with Gasteiger partial charge in [0, 0.05) is 44.0 Å². The Kier molecular flexibility index (Phi) is 11.4. The highest BCUT2D eigenvalue weighted by atomic mass is 16.3. The Balaban J connectivity index is 0.969. The van der Waals surface area contributed by atoms with Crippen LogP contribution in [0.1, 0.15) is 103 Å². The van der Waals surface area contributed by atoms with Gasteiger partial charge in [0.05, 0.1) is 5.69 Å². The molecule has 1 aromatic heterocycles. The van der Waals surface area contributed by atoms with Crippen molar-refractivity contribution < 1.29 is 4.42 Å². The summed E-state index contributed by atoms with van der Waals surface area (Å²) in [7, 11) is 0. The summed E-state index contributed by atoms with van der Waals surface area (Å²) in [5.74, 6) is 1.01. The molecule has 3 saturated carbocycles. The number of rotatable bonds is 7. The van der Waals surface area contributed by atoms with Gasteiger partial charge in [-0.15, -0.1) is 0 Å². The fraction of sp³-hybridized carbons (Fsp3) is 0.195. The van der Waals surface area contributed by atoms with Crippen molar-refractivity contribution in [2.75, 3.05) is 4.90 Å². The molecule has 17 rings (SSSR count). The summed E-state index contributed by atoms with van der Waals surface area (Å²) in [6.07, 6.45) is 10.3. The van der Waals surface area contributed by atoms with E-state index in [1.54, 1.807) is 22.3 Å². The van der Waals surface area contributed by atoms with Crippen LogP contribution in [0.5, 0.6) is 0 Å². The second-order valence-electron chi connectivity index (χ2n) is 25.5. The Morgan fingerprint density at radius 2 is 0.881 bits per heavy atom. The van der Waals surface area contributed by atoms with Crippen molar-refractivity contribution in [3.8, 4) is 55.6 Å². The Hall–Kier alpha value is -8.98. The molecule has 0 amide bonds. The molecule has 5 aliphatic carbocycles. The first kappa shape index (κ1) is 49.6. The number of para-hydroxylation sites is 2. The molecule has 12 aromatic rings. The van der Waals surface area contributed by atoms with Gasteiger partial charge in [0.25, 0.3) is 0 Å². The largest absolute Gasteiger partial charge is 0.455 e. The van der Waals surface area contributed by atoms with Crippen LogP contribution in [0.4, 0.5) is 17.1 Å². The Morgan fingerprint density at radius 3 is 1.63 bits per heavy atom. The predicted octanol–water partition coefficient (Wildman–Crippen LogP) is 22.2. The van der Waals surface area contributed by atoms with Gasteiger partial charge >= 0.3 is 0 Å². The first-order valence-electron chi connectivity index (χ1n) is 31.0. The van der Waals surface area contributed by atoms with Crippen molar-refractivity contribution >= 4 is 39.0 Å². The number of hydrogen-bond donors (Lipinski definition) is 0. The maximum Gasteiger partial charge on any atom is 0.143 e. The van der Waals surface area contributed by atoms with Crippen LogP contribution in [0.2, 0.25) is 0 Å². The fourth-order valence-corrected chi connectivity index (χ4v) is 18.6. The highest BCUT2D eigenvalue weighted by Gasteiger charge is 2.69. The minimum atomic E-state index is -0.253. The van der Waals surface area contributed by atoms with Crippen molar-refractivity contribution in [2.24, 2.45) is 5.92 Å². The number of hydrogen-bond acceptors (Lipinski definition) is 2. The average Bonchev–Trinajstić information content (AvgIpc) is 1.40. The minimum Gasteiger partial charge on any atom is -0.455 e. The van der Waals surface area contributed by atoms with Crippen molar-refractivity contribution in [2.45, 2.75) is 92.8 Å². The number of benzene rings is 11.